The molecule has 0 spiro atoms. The van der Waals surface area contributed by atoms with Gasteiger partial charge >= 0.3 is 6.18 Å². The molecule has 1 aromatic carbocycles. The van der Waals surface area contributed by atoms with E-state index in [0.29, 0.717) is 23.5 Å². The first-order valence-electron chi connectivity index (χ1n) is 8.61. The lowest BCUT2D eigenvalue weighted by molar-refractivity contribution is -0.137. The fraction of sp³-hybridized carbons (Fsp3) is 0.333. The minimum atomic E-state index is -4.66. The van der Waals surface area contributed by atoms with Crippen LogP contribution in [0.3, 0.4) is 0 Å². The number of hydrogen-bond acceptors (Lipinski definition) is 4. The summed E-state index contributed by atoms with van der Waals surface area (Å²) < 4.78 is 42.6. The lowest BCUT2D eigenvalue weighted by Gasteiger charge is -2.16. The minimum absolute atomic E-state index is 0.129. The second-order valence-electron chi connectivity index (χ2n) is 6.62. The molecule has 0 amide bonds. The van der Waals surface area contributed by atoms with Gasteiger partial charge in [0.2, 0.25) is 0 Å². The van der Waals surface area contributed by atoms with Crippen molar-refractivity contribution in [3.05, 3.63) is 45.2 Å². The summed E-state index contributed by atoms with van der Waals surface area (Å²) in [6, 6.07) is 3.86. The van der Waals surface area contributed by atoms with Gasteiger partial charge in [-0.25, -0.2) is 9.50 Å². The Kier molecular flexibility index (Phi) is 4.68. The maximum Gasteiger partial charge on any atom is 0.418 e. The van der Waals surface area contributed by atoms with Crippen molar-refractivity contribution in [2.75, 3.05) is 5.32 Å². The molecule has 28 heavy (non-hydrogen) atoms. The molecule has 10 heteroatoms. The summed E-state index contributed by atoms with van der Waals surface area (Å²) in [6.07, 6.45) is -4.01. The lowest BCUT2D eigenvalue weighted by Crippen LogP contribution is -2.12. The molecule has 0 bridgehead atoms. The highest BCUT2D eigenvalue weighted by Gasteiger charge is 2.37. The van der Waals surface area contributed by atoms with E-state index >= 15 is 0 Å². The number of nitrogens with one attached hydrogen (secondary N) is 1. The monoisotopic (exact) mass is 430 g/mol. The van der Waals surface area contributed by atoms with Crippen LogP contribution in [0.15, 0.2) is 18.2 Å². The number of halogens is 5. The van der Waals surface area contributed by atoms with Crippen LogP contribution in [-0.4, -0.2) is 25.9 Å². The highest BCUT2D eigenvalue weighted by atomic mass is 35.5. The Morgan fingerprint density at radius 3 is 2.68 bits per heavy atom. The fourth-order valence-corrected chi connectivity index (χ4v) is 3.94. The number of fused-ring (bicyclic) bond motifs is 2. The van der Waals surface area contributed by atoms with Crippen LogP contribution in [0, 0.1) is 0 Å². The van der Waals surface area contributed by atoms with E-state index in [2.05, 4.69) is 15.4 Å². The Morgan fingerprint density at radius 2 is 2.00 bits per heavy atom. The SMILES string of the molecule is CCCc1nc2c(Cl)cc(C(F)(F)F)c(-c3cc(Cl)c4c(c3)CC(O)N4)n2n1. The average Bonchev–Trinajstić information content (AvgIpc) is 3.17. The predicted octanol–water partition coefficient (Wildman–Crippen LogP) is 4.96. The van der Waals surface area contributed by atoms with Crippen molar-refractivity contribution < 1.29 is 18.3 Å². The quantitative estimate of drug-likeness (QED) is 0.616. The van der Waals surface area contributed by atoms with Gasteiger partial charge in [0.25, 0.3) is 0 Å². The summed E-state index contributed by atoms with van der Waals surface area (Å²) in [5, 5.41) is 17.0. The number of pyridine rings is 1. The highest BCUT2D eigenvalue weighted by molar-refractivity contribution is 6.34. The summed E-state index contributed by atoms with van der Waals surface area (Å²) in [5.41, 5.74) is 0.403. The van der Waals surface area contributed by atoms with E-state index in [1.165, 1.54) is 6.07 Å². The fourth-order valence-electron chi connectivity index (χ4n) is 3.41. The molecule has 1 unspecified atom stereocenters. The van der Waals surface area contributed by atoms with Crippen molar-refractivity contribution in [3.63, 3.8) is 0 Å². The van der Waals surface area contributed by atoms with Gasteiger partial charge in [0.15, 0.2) is 11.5 Å². The Labute approximate surface area is 168 Å². The largest absolute Gasteiger partial charge is 0.418 e. The van der Waals surface area contributed by atoms with Crippen LogP contribution in [-0.2, 0) is 19.0 Å². The van der Waals surface area contributed by atoms with E-state index in [4.69, 9.17) is 23.2 Å². The molecule has 1 atom stereocenters. The van der Waals surface area contributed by atoms with Gasteiger partial charge in [0.1, 0.15) is 6.23 Å². The van der Waals surface area contributed by atoms with E-state index in [1.54, 1.807) is 6.07 Å². The third-order valence-corrected chi connectivity index (χ3v) is 5.13. The normalized spacial score (nSPS) is 16.5. The standard InChI is InChI=1S/C18H15Cl2F3N4O/c1-2-3-13-24-17-12(20)7-10(18(21,22)23)16(27(17)26-13)9-4-8-6-14(28)25-15(8)11(19)5-9/h4-5,7,14,25,28H,2-3,6H2,1H3. The van der Waals surface area contributed by atoms with Crippen LogP contribution in [0.5, 0.6) is 0 Å². The molecule has 4 rings (SSSR count). The molecule has 0 saturated carbocycles. The molecular formula is C18H15Cl2F3N4O. The van der Waals surface area contributed by atoms with Gasteiger partial charge < -0.3 is 10.4 Å². The predicted molar refractivity (Wildman–Crippen MR) is 101 cm³/mol. The summed E-state index contributed by atoms with van der Waals surface area (Å²) in [5.74, 6) is 0.411. The average molecular weight is 431 g/mol. The van der Waals surface area contributed by atoms with Crippen LogP contribution in [0.1, 0.15) is 30.3 Å². The summed E-state index contributed by atoms with van der Waals surface area (Å²) in [6.45, 7) is 1.92. The molecule has 0 radical (unpaired) electrons. The van der Waals surface area contributed by atoms with Crippen molar-refractivity contribution >= 4 is 34.5 Å². The van der Waals surface area contributed by atoms with Gasteiger partial charge in [0.05, 0.1) is 27.0 Å². The van der Waals surface area contributed by atoms with Crippen LogP contribution < -0.4 is 5.32 Å². The van der Waals surface area contributed by atoms with Crippen LogP contribution in [0.2, 0.25) is 10.0 Å². The molecule has 1 aliphatic heterocycles. The Bertz CT molecular complexity index is 1080. The van der Waals surface area contributed by atoms with Crippen molar-refractivity contribution in [2.45, 2.75) is 38.6 Å². The third-order valence-electron chi connectivity index (χ3n) is 4.55. The molecule has 3 aromatic rings. The molecule has 3 heterocycles. The summed E-state index contributed by atoms with van der Waals surface area (Å²) in [4.78, 5) is 4.29. The molecule has 0 aliphatic carbocycles. The maximum absolute atomic E-state index is 13.8. The number of aryl methyl sites for hydroxylation is 1. The first-order chi connectivity index (χ1) is 13.2. The highest BCUT2D eigenvalue weighted by Crippen LogP contribution is 2.43. The lowest BCUT2D eigenvalue weighted by atomic mass is 10.0. The van der Waals surface area contributed by atoms with Gasteiger partial charge in [0, 0.05) is 18.4 Å². The minimum Gasteiger partial charge on any atom is -0.373 e. The van der Waals surface area contributed by atoms with Gasteiger partial charge in [-0.15, -0.1) is 0 Å². The zero-order valence-corrected chi connectivity index (χ0v) is 16.1. The molecule has 1 aliphatic rings. The second kappa shape index (κ2) is 6.79. The molecule has 148 valence electrons. The van der Waals surface area contributed by atoms with Crippen LogP contribution in [0.25, 0.3) is 16.9 Å². The number of aromatic nitrogens is 3. The summed E-state index contributed by atoms with van der Waals surface area (Å²) >= 11 is 12.4. The third kappa shape index (κ3) is 3.19. The number of rotatable bonds is 3. The van der Waals surface area contributed by atoms with Crippen molar-refractivity contribution in [1.29, 1.82) is 0 Å². The summed E-state index contributed by atoms with van der Waals surface area (Å²) in [7, 11) is 0. The van der Waals surface area contributed by atoms with Crippen LogP contribution >= 0.6 is 23.2 Å². The molecule has 5 nitrogen and oxygen atoms in total. The number of aliphatic hydroxyl groups excluding tert-OH is 1. The van der Waals surface area contributed by atoms with Crippen molar-refractivity contribution in [2.24, 2.45) is 0 Å². The van der Waals surface area contributed by atoms with Crippen LogP contribution in [0.4, 0.5) is 18.9 Å². The molecule has 0 saturated heterocycles. The van der Waals surface area contributed by atoms with Crippen molar-refractivity contribution in [3.8, 4) is 11.3 Å². The zero-order valence-electron chi connectivity index (χ0n) is 14.6. The van der Waals surface area contributed by atoms with Crippen molar-refractivity contribution in [1.82, 2.24) is 14.6 Å². The topological polar surface area (TPSA) is 62.5 Å². The van der Waals surface area contributed by atoms with E-state index in [0.717, 1.165) is 17.0 Å². The van der Waals surface area contributed by atoms with Gasteiger partial charge in [-0.3, -0.25) is 0 Å². The van der Waals surface area contributed by atoms with E-state index in [-0.39, 0.29) is 33.4 Å². The van der Waals surface area contributed by atoms with E-state index in [9.17, 15) is 18.3 Å². The zero-order chi connectivity index (χ0) is 20.2. The van der Waals surface area contributed by atoms with Gasteiger partial charge in [-0.05, 0) is 30.2 Å². The maximum atomic E-state index is 13.8. The molecule has 0 fully saturated rings. The Balaban J connectivity index is 2.03. The number of hydrogen-bond donors (Lipinski definition) is 2. The Morgan fingerprint density at radius 1 is 1.25 bits per heavy atom. The number of anilines is 1. The van der Waals surface area contributed by atoms with E-state index in [1.807, 2.05) is 6.92 Å². The number of benzene rings is 1. The molecule has 2 N–H and O–H groups in total. The number of aliphatic hydroxyl groups is 1. The van der Waals surface area contributed by atoms with Gasteiger partial charge in [-0.1, -0.05) is 30.1 Å². The smallest absolute Gasteiger partial charge is 0.373 e. The molecular weight excluding hydrogens is 416 g/mol. The molecule has 2 aromatic heterocycles. The van der Waals surface area contributed by atoms with E-state index < -0.39 is 18.0 Å². The first-order valence-corrected chi connectivity index (χ1v) is 9.37. The number of alkyl halides is 3. The van der Waals surface area contributed by atoms with Gasteiger partial charge in [-0.2, -0.15) is 18.3 Å². The number of nitrogens with zero attached hydrogens (tertiary/aromatic N) is 3. The second-order valence-corrected chi connectivity index (χ2v) is 7.44. The Hall–Kier alpha value is -2.03. The first kappa shape index (κ1) is 19.3.